The highest BCUT2D eigenvalue weighted by Crippen LogP contribution is 2.45. The van der Waals surface area contributed by atoms with Gasteiger partial charge in [-0.3, -0.25) is 0 Å². The van der Waals surface area contributed by atoms with E-state index in [9.17, 15) is 0 Å². The molecule has 0 aliphatic rings. The second-order valence-electron chi connectivity index (χ2n) is 15.7. The van der Waals surface area contributed by atoms with Gasteiger partial charge in [-0.2, -0.15) is 0 Å². The Bertz CT molecular complexity index is 3560. The van der Waals surface area contributed by atoms with Crippen LogP contribution >= 0.6 is 0 Å². The number of hydrogen-bond acceptors (Lipinski definition) is 3. The smallest absolute Gasteiger partial charge is 0.159 e. The zero-order valence-electron chi connectivity index (χ0n) is 33.1. The lowest BCUT2D eigenvalue weighted by Crippen LogP contribution is -2.10. The van der Waals surface area contributed by atoms with E-state index < -0.39 is 0 Å². The molecule has 0 radical (unpaired) electrons. The zero-order valence-corrected chi connectivity index (χ0v) is 33.1. The predicted molar refractivity (Wildman–Crippen MR) is 255 cm³/mol. The van der Waals surface area contributed by atoms with Crippen LogP contribution in [0.4, 0.5) is 17.1 Å². The maximum Gasteiger partial charge on any atom is 0.159 e. The molecule has 12 aromatic rings. The van der Waals surface area contributed by atoms with Crippen molar-refractivity contribution in [2.24, 2.45) is 0 Å². The van der Waals surface area contributed by atoms with Crippen molar-refractivity contribution in [3.63, 3.8) is 0 Å². The van der Waals surface area contributed by atoms with Crippen LogP contribution in [-0.4, -0.2) is 0 Å². The number of fused-ring (bicyclic) bond motifs is 8. The molecule has 3 heteroatoms. The van der Waals surface area contributed by atoms with Crippen molar-refractivity contribution in [3.05, 3.63) is 224 Å². The van der Waals surface area contributed by atoms with Gasteiger partial charge in [0.15, 0.2) is 5.58 Å². The maximum atomic E-state index is 6.92. The monoisotopic (exact) mass is 779 g/mol. The fourth-order valence-corrected chi connectivity index (χ4v) is 9.05. The minimum Gasteiger partial charge on any atom is -0.455 e. The largest absolute Gasteiger partial charge is 0.455 e. The number of hydrogen-bond donors (Lipinski definition) is 0. The topological polar surface area (TPSA) is 29.5 Å². The number of furan rings is 2. The summed E-state index contributed by atoms with van der Waals surface area (Å²) >= 11 is 0. The van der Waals surface area contributed by atoms with E-state index >= 15 is 0 Å². The molecular weight excluding hydrogens is 743 g/mol. The van der Waals surface area contributed by atoms with Crippen molar-refractivity contribution in [2.75, 3.05) is 4.90 Å². The molecule has 3 nitrogen and oxygen atoms in total. The van der Waals surface area contributed by atoms with Crippen LogP contribution in [0.5, 0.6) is 0 Å². The highest BCUT2D eigenvalue weighted by Gasteiger charge is 2.21. The highest BCUT2D eigenvalue weighted by molar-refractivity contribution is 6.17. The minimum absolute atomic E-state index is 0.852. The van der Waals surface area contributed by atoms with Gasteiger partial charge in [-0.25, -0.2) is 0 Å². The van der Waals surface area contributed by atoms with Crippen molar-refractivity contribution in [3.8, 4) is 44.5 Å². The number of nitrogens with zero attached hydrogens (tertiary/aromatic N) is 1. The molecule has 61 heavy (non-hydrogen) atoms. The third kappa shape index (κ3) is 5.98. The van der Waals surface area contributed by atoms with Crippen LogP contribution in [0.25, 0.3) is 99.2 Å². The van der Waals surface area contributed by atoms with Crippen molar-refractivity contribution in [2.45, 2.75) is 0 Å². The SMILES string of the molecule is c1ccc(-c2cccc(-c3ccc(N(c4ccc(-c5ccc6oc7c(-c8ccccc8)cccc7c6c5)cc4)c4cccc5c4oc4c6ccccc6ccc54)cc3)c2)cc1. The van der Waals surface area contributed by atoms with Gasteiger partial charge in [0.25, 0.3) is 0 Å². The van der Waals surface area contributed by atoms with Gasteiger partial charge in [0, 0.05) is 43.9 Å². The summed E-state index contributed by atoms with van der Waals surface area (Å²) in [5, 5.41) is 6.69. The molecular formula is C58H37NO2. The predicted octanol–water partition coefficient (Wildman–Crippen LogP) is 16.8. The zero-order chi connectivity index (χ0) is 40.3. The molecule has 0 saturated carbocycles. The second kappa shape index (κ2) is 14.3. The van der Waals surface area contributed by atoms with Gasteiger partial charge in [0.2, 0.25) is 0 Å². The number of benzene rings is 10. The van der Waals surface area contributed by atoms with Gasteiger partial charge in [-0.1, -0.05) is 170 Å². The molecule has 0 amide bonds. The van der Waals surface area contributed by atoms with E-state index in [1.165, 1.54) is 16.7 Å². The quantitative estimate of drug-likeness (QED) is 0.161. The van der Waals surface area contributed by atoms with E-state index in [4.69, 9.17) is 8.83 Å². The van der Waals surface area contributed by atoms with Crippen LogP contribution in [0.3, 0.4) is 0 Å². The molecule has 0 aliphatic carbocycles. The molecule has 12 rings (SSSR count). The average Bonchev–Trinajstić information content (AvgIpc) is 3.92. The lowest BCUT2D eigenvalue weighted by atomic mass is 9.98. The number of para-hydroxylation sites is 2. The number of rotatable bonds is 7. The van der Waals surface area contributed by atoms with E-state index in [0.717, 1.165) is 99.5 Å². The van der Waals surface area contributed by atoms with Crippen molar-refractivity contribution in [1.82, 2.24) is 0 Å². The highest BCUT2D eigenvalue weighted by atomic mass is 16.3. The first-order valence-electron chi connectivity index (χ1n) is 20.7. The summed E-state index contributed by atoms with van der Waals surface area (Å²) in [5.74, 6) is 0. The molecule has 286 valence electrons. The fraction of sp³-hybridized carbons (Fsp3) is 0. The van der Waals surface area contributed by atoms with Crippen LogP contribution in [0.15, 0.2) is 233 Å². The van der Waals surface area contributed by atoms with Crippen molar-refractivity contribution in [1.29, 1.82) is 0 Å². The van der Waals surface area contributed by atoms with Gasteiger partial charge >= 0.3 is 0 Å². The minimum atomic E-state index is 0.852. The first kappa shape index (κ1) is 34.9. The Hall–Kier alpha value is -8.14. The second-order valence-corrected chi connectivity index (χ2v) is 15.7. The van der Waals surface area contributed by atoms with E-state index in [1.807, 2.05) is 6.07 Å². The normalized spacial score (nSPS) is 11.6. The molecule has 2 aromatic heterocycles. The Morgan fingerprint density at radius 1 is 0.279 bits per heavy atom. The Morgan fingerprint density at radius 2 is 0.803 bits per heavy atom. The molecule has 0 fully saturated rings. The maximum absolute atomic E-state index is 6.92. The van der Waals surface area contributed by atoms with Crippen LogP contribution in [-0.2, 0) is 0 Å². The first-order valence-corrected chi connectivity index (χ1v) is 20.7. The third-order valence-electron chi connectivity index (χ3n) is 12.1. The third-order valence-corrected chi connectivity index (χ3v) is 12.1. The van der Waals surface area contributed by atoms with Gasteiger partial charge in [-0.05, 0) is 98.9 Å². The van der Waals surface area contributed by atoms with E-state index in [1.54, 1.807) is 0 Å². The first-order chi connectivity index (χ1) is 30.2. The summed E-state index contributed by atoms with van der Waals surface area (Å²) in [6.45, 7) is 0. The lowest BCUT2D eigenvalue weighted by Gasteiger charge is -2.26. The Balaban J connectivity index is 0.967. The average molecular weight is 780 g/mol. The molecule has 2 heterocycles. The van der Waals surface area contributed by atoms with E-state index in [2.05, 4.69) is 223 Å². The molecule has 0 saturated heterocycles. The molecule has 10 aromatic carbocycles. The Morgan fingerprint density at radius 3 is 1.52 bits per heavy atom. The van der Waals surface area contributed by atoms with Crippen molar-refractivity contribution < 1.29 is 8.83 Å². The molecule has 0 aliphatic heterocycles. The van der Waals surface area contributed by atoms with Crippen LogP contribution in [0.1, 0.15) is 0 Å². The summed E-state index contributed by atoms with van der Waals surface area (Å²) in [6.07, 6.45) is 0. The summed E-state index contributed by atoms with van der Waals surface area (Å²) in [7, 11) is 0. The molecule has 0 unspecified atom stereocenters. The van der Waals surface area contributed by atoms with Gasteiger partial charge in [0.1, 0.15) is 16.7 Å². The van der Waals surface area contributed by atoms with Gasteiger partial charge in [0.05, 0.1) is 5.69 Å². The standard InChI is InChI=1S/C58H37NO2/c1-3-12-38(13-4-1)43-17-9-18-44(36-43)39-24-30-46(31-25-39)59(54-23-11-22-50-52-34-28-42-16-7-8-19-48(42)57(52)61-58(50)54)47-32-26-40(27-33-47)45-29-35-55-53(37-45)51-21-10-20-49(56(51)60-55)41-14-5-2-6-15-41/h1-37H. The molecule has 0 atom stereocenters. The number of anilines is 3. The summed E-state index contributed by atoms with van der Waals surface area (Å²) in [4.78, 5) is 2.32. The summed E-state index contributed by atoms with van der Waals surface area (Å²) in [5.41, 5.74) is 15.8. The van der Waals surface area contributed by atoms with Gasteiger partial charge < -0.3 is 13.7 Å². The molecule has 0 N–H and O–H groups in total. The van der Waals surface area contributed by atoms with Crippen molar-refractivity contribution >= 4 is 71.7 Å². The summed E-state index contributed by atoms with van der Waals surface area (Å²) < 4.78 is 13.4. The van der Waals surface area contributed by atoms with Crippen LogP contribution in [0.2, 0.25) is 0 Å². The fourth-order valence-electron chi connectivity index (χ4n) is 9.05. The van der Waals surface area contributed by atoms with E-state index in [-0.39, 0.29) is 0 Å². The van der Waals surface area contributed by atoms with Crippen LogP contribution in [0, 0.1) is 0 Å². The molecule has 0 bridgehead atoms. The van der Waals surface area contributed by atoms with E-state index in [0.29, 0.717) is 0 Å². The lowest BCUT2D eigenvalue weighted by molar-refractivity contribution is 0.670. The van der Waals surface area contributed by atoms with Gasteiger partial charge in [-0.15, -0.1) is 0 Å². The Labute approximate surface area is 353 Å². The summed E-state index contributed by atoms with van der Waals surface area (Å²) in [6, 6.07) is 79.7. The Kier molecular flexibility index (Phi) is 8.17. The molecule has 0 spiro atoms. The van der Waals surface area contributed by atoms with Crippen LogP contribution < -0.4 is 4.90 Å².